The Balaban J connectivity index is 1.54. The van der Waals surface area contributed by atoms with Crippen molar-refractivity contribution in [1.29, 1.82) is 0 Å². The van der Waals surface area contributed by atoms with E-state index in [1.54, 1.807) is 0 Å². The monoisotopic (exact) mass is 485 g/mol. The topological polar surface area (TPSA) is 116 Å². The fourth-order valence-corrected chi connectivity index (χ4v) is 4.54. The largest absolute Gasteiger partial charge is 0.382 e. The average molecular weight is 485 g/mol. The summed E-state index contributed by atoms with van der Waals surface area (Å²) in [6.07, 6.45) is -1.29. The summed E-state index contributed by atoms with van der Waals surface area (Å²) in [5, 5.41) is 9.71. The summed E-state index contributed by atoms with van der Waals surface area (Å²) in [4.78, 5) is 18.6. The minimum Gasteiger partial charge on any atom is -0.382 e. The zero-order valence-electron chi connectivity index (χ0n) is 17.2. The van der Waals surface area contributed by atoms with Crippen molar-refractivity contribution in [2.45, 2.75) is 17.9 Å². The van der Waals surface area contributed by atoms with E-state index < -0.39 is 45.2 Å². The third-order valence-corrected chi connectivity index (χ3v) is 6.81. The maximum absolute atomic E-state index is 13.8. The van der Waals surface area contributed by atoms with Crippen LogP contribution in [0.25, 0.3) is 11.0 Å². The normalized spacial score (nSPS) is 16.0. The highest BCUT2D eigenvalue weighted by atomic mass is 32.2. The molecule has 0 radical (unpaired) electrons. The first-order valence-electron chi connectivity index (χ1n) is 9.73. The van der Waals surface area contributed by atoms with Crippen molar-refractivity contribution in [2.24, 2.45) is 0 Å². The molecule has 0 spiro atoms. The summed E-state index contributed by atoms with van der Waals surface area (Å²) in [5.41, 5.74) is -0.102. The third-order valence-electron chi connectivity index (χ3n) is 4.91. The van der Waals surface area contributed by atoms with Crippen molar-refractivity contribution in [1.82, 2.24) is 19.5 Å². The number of aromatic nitrogens is 3. The van der Waals surface area contributed by atoms with Gasteiger partial charge in [-0.1, -0.05) is 4.85 Å². The highest BCUT2D eigenvalue weighted by Crippen LogP contribution is 2.22. The van der Waals surface area contributed by atoms with E-state index >= 15 is 0 Å². The predicted octanol–water partition coefficient (Wildman–Crippen LogP) is 1.33. The lowest BCUT2D eigenvalue weighted by atomic mass is 10.2. The number of morpholine rings is 1. The number of amides is 1. The smallest absolute Gasteiger partial charge is 0.268 e. The molecule has 1 unspecified atom stereocenters. The van der Waals surface area contributed by atoms with Gasteiger partial charge in [-0.25, -0.2) is 21.6 Å². The van der Waals surface area contributed by atoms with E-state index in [0.29, 0.717) is 11.6 Å². The number of nitrogens with zero attached hydrogens (tertiary/aromatic N) is 4. The Bertz CT molecular complexity index is 1310. The van der Waals surface area contributed by atoms with Crippen LogP contribution in [0.1, 0.15) is 6.92 Å². The molecule has 1 aliphatic heterocycles. The first kappa shape index (κ1) is 22.9. The van der Waals surface area contributed by atoms with E-state index in [2.05, 4.69) is 15.6 Å². The Labute approximate surface area is 185 Å². The Morgan fingerprint density at radius 1 is 1.15 bits per heavy atom. The summed E-state index contributed by atoms with van der Waals surface area (Å²) in [7, 11) is -3.80. The van der Waals surface area contributed by atoms with Gasteiger partial charge >= 0.3 is 0 Å². The van der Waals surface area contributed by atoms with Gasteiger partial charge in [0.25, 0.3) is 5.91 Å². The van der Waals surface area contributed by atoms with Gasteiger partial charge in [-0.05, 0) is 42.5 Å². The van der Waals surface area contributed by atoms with Crippen molar-refractivity contribution < 1.29 is 36.0 Å². The fourth-order valence-electron chi connectivity index (χ4n) is 3.11. The molecule has 0 bridgehead atoms. The van der Waals surface area contributed by atoms with Crippen LogP contribution in [0, 0.1) is 17.5 Å². The van der Waals surface area contributed by atoms with Crippen LogP contribution < -0.4 is 10.2 Å². The van der Waals surface area contributed by atoms with Crippen LogP contribution in [-0.4, -0.2) is 66.2 Å². The molecule has 1 aliphatic rings. The molecule has 1 atom stereocenters. The first-order valence-corrected chi connectivity index (χ1v) is 11.2. The second-order valence-electron chi connectivity index (χ2n) is 7.09. The van der Waals surface area contributed by atoms with Gasteiger partial charge in [0.2, 0.25) is 16.1 Å². The van der Waals surface area contributed by atoms with E-state index in [1.165, 1.54) is 29.4 Å². The van der Waals surface area contributed by atoms with Crippen LogP contribution in [0.4, 0.5) is 18.9 Å². The number of carbonyl (C=O) groups is 1. The number of nitrogens with one attached hydrogen (secondary N) is 1. The van der Waals surface area contributed by atoms with Crippen LogP contribution in [-0.2, 0) is 19.6 Å². The molecule has 0 aliphatic carbocycles. The molecule has 2 aromatic carbocycles. The van der Waals surface area contributed by atoms with E-state index in [9.17, 15) is 26.4 Å². The van der Waals surface area contributed by atoms with Crippen molar-refractivity contribution >= 4 is 32.7 Å². The number of hydrogen-bond donors (Lipinski definition) is 1. The molecule has 1 N–H and O–H groups in total. The second-order valence-corrected chi connectivity index (χ2v) is 9.03. The lowest BCUT2D eigenvalue weighted by molar-refractivity contribution is -0.127. The maximum Gasteiger partial charge on any atom is 0.268 e. The zero-order valence-corrected chi connectivity index (χ0v) is 18.0. The number of sulfonamides is 1. The molecule has 1 fully saturated rings. The quantitative estimate of drug-likeness (QED) is 0.524. The number of anilines is 1. The Kier molecular flexibility index (Phi) is 6.23. The van der Waals surface area contributed by atoms with E-state index in [1.807, 2.05) is 0 Å². The first-order chi connectivity index (χ1) is 15.7. The average Bonchev–Trinajstić information content (AvgIpc) is 3.22. The lowest BCUT2D eigenvalue weighted by Crippen LogP contribution is -2.40. The maximum atomic E-state index is 13.8. The molecular formula is C19H18F3N5O5S. The number of benzene rings is 2. The van der Waals surface area contributed by atoms with Gasteiger partial charge in [0, 0.05) is 13.1 Å². The molecule has 1 amide bonds. The van der Waals surface area contributed by atoms with Gasteiger partial charge in [-0.2, -0.15) is 4.31 Å². The number of fused-ring (bicyclic) bond motifs is 1. The Morgan fingerprint density at radius 3 is 2.61 bits per heavy atom. The van der Waals surface area contributed by atoms with Gasteiger partial charge in [0.15, 0.2) is 17.5 Å². The number of halogens is 3. The molecule has 4 rings (SSSR count). The number of rotatable bonds is 6. The summed E-state index contributed by atoms with van der Waals surface area (Å²) >= 11 is 0. The Hall–Kier alpha value is -3.23. The van der Waals surface area contributed by atoms with Gasteiger partial charge in [-0.15, -0.1) is 5.10 Å². The zero-order chi connectivity index (χ0) is 23.8. The molecule has 1 aromatic heterocycles. The lowest BCUT2D eigenvalue weighted by Gasteiger charge is -2.26. The van der Waals surface area contributed by atoms with Gasteiger partial charge < -0.3 is 14.9 Å². The number of carbonyl (C=O) groups excluding carboxylic acids is 1. The fraction of sp³-hybridized carbons (Fsp3) is 0.316. The van der Waals surface area contributed by atoms with E-state index in [-0.39, 0.29) is 36.7 Å². The summed E-state index contributed by atoms with van der Waals surface area (Å²) in [6.45, 7) is 2.30. The second kappa shape index (κ2) is 8.96. The van der Waals surface area contributed by atoms with Gasteiger partial charge in [0.1, 0.15) is 11.0 Å². The molecule has 10 nitrogen and oxygen atoms in total. The molecule has 176 valence electrons. The van der Waals surface area contributed by atoms with Crippen LogP contribution in [0.15, 0.2) is 35.2 Å². The molecule has 2 heterocycles. The van der Waals surface area contributed by atoms with Gasteiger partial charge in [-0.3, -0.25) is 4.79 Å². The number of ether oxygens (including phenoxy) is 1. The van der Waals surface area contributed by atoms with Gasteiger partial charge in [0.05, 0.1) is 23.8 Å². The molecule has 0 saturated carbocycles. The van der Waals surface area contributed by atoms with E-state index in [4.69, 9.17) is 9.57 Å². The molecule has 14 heteroatoms. The third kappa shape index (κ3) is 4.49. The molecule has 33 heavy (non-hydrogen) atoms. The highest BCUT2D eigenvalue weighted by Gasteiger charge is 2.27. The van der Waals surface area contributed by atoms with Crippen LogP contribution in [0.3, 0.4) is 0 Å². The minimum atomic E-state index is -3.80. The van der Waals surface area contributed by atoms with Crippen molar-refractivity contribution in [3.8, 4) is 0 Å². The summed E-state index contributed by atoms with van der Waals surface area (Å²) in [5.74, 6) is -5.57. The minimum absolute atomic E-state index is 0.0231. The summed E-state index contributed by atoms with van der Waals surface area (Å²) < 4.78 is 72.5. The van der Waals surface area contributed by atoms with Crippen LogP contribution >= 0.6 is 0 Å². The summed E-state index contributed by atoms with van der Waals surface area (Å²) in [6, 6.07) is 5.66. The van der Waals surface area contributed by atoms with Crippen molar-refractivity contribution in [3.05, 3.63) is 47.8 Å². The standard InChI is InChI=1S/C19H18F3N5O5S/c1-11(19(28)23-15-5-3-13(20)17(21)18(15)22)32-27-16-10-12(2-4-14(16)24-25-27)33(29,30)26-6-8-31-9-7-26/h2-5,10-11H,6-9H2,1H3,(H,23,28). The van der Waals surface area contributed by atoms with Crippen LogP contribution in [0.5, 0.6) is 0 Å². The van der Waals surface area contributed by atoms with Crippen LogP contribution in [0.2, 0.25) is 0 Å². The Morgan fingerprint density at radius 2 is 1.88 bits per heavy atom. The van der Waals surface area contributed by atoms with E-state index in [0.717, 1.165) is 10.9 Å². The van der Waals surface area contributed by atoms with Crippen molar-refractivity contribution in [3.63, 3.8) is 0 Å². The number of hydrogen-bond acceptors (Lipinski definition) is 7. The highest BCUT2D eigenvalue weighted by molar-refractivity contribution is 7.89. The predicted molar refractivity (Wildman–Crippen MR) is 108 cm³/mol. The van der Waals surface area contributed by atoms with Crippen molar-refractivity contribution in [2.75, 3.05) is 31.6 Å². The molecular weight excluding hydrogens is 467 g/mol. The molecule has 1 saturated heterocycles. The molecule has 3 aromatic rings. The SMILES string of the molecule is CC(On1nnc2ccc(S(=O)(=O)N3CCOCC3)cc21)C(=O)Nc1ccc(F)c(F)c1F.